The van der Waals surface area contributed by atoms with Gasteiger partial charge in [0.05, 0.1) is 32.0 Å². The van der Waals surface area contributed by atoms with Gasteiger partial charge in [-0.15, -0.1) is 0 Å². The van der Waals surface area contributed by atoms with Gasteiger partial charge in [-0.25, -0.2) is 14.8 Å². The van der Waals surface area contributed by atoms with Crippen LogP contribution in [0.3, 0.4) is 0 Å². The first-order valence-electron chi connectivity index (χ1n) is 17.2. The average molecular weight is 644 g/mol. The number of methoxy groups -OCH3 is 1. The predicted molar refractivity (Wildman–Crippen MR) is 174 cm³/mol. The molecule has 3 aromatic heterocycles. The molecule has 47 heavy (non-hydrogen) atoms. The van der Waals surface area contributed by atoms with E-state index in [9.17, 15) is 14.7 Å². The van der Waals surface area contributed by atoms with Crippen LogP contribution in [0.15, 0.2) is 41.1 Å². The Morgan fingerprint density at radius 3 is 2.40 bits per heavy atom. The van der Waals surface area contributed by atoms with Crippen LogP contribution in [0.1, 0.15) is 93.3 Å². The van der Waals surface area contributed by atoms with Crippen molar-refractivity contribution >= 4 is 17.8 Å². The monoisotopic (exact) mass is 643 g/mol. The van der Waals surface area contributed by atoms with Crippen LogP contribution < -0.4 is 9.64 Å². The molecule has 4 fully saturated rings. The summed E-state index contributed by atoms with van der Waals surface area (Å²) in [6.45, 7) is 3.24. The molecule has 4 heterocycles. The number of aromatic nitrogens is 3. The molecule has 11 heteroatoms. The van der Waals surface area contributed by atoms with E-state index in [1.54, 1.807) is 19.6 Å². The van der Waals surface area contributed by atoms with Crippen LogP contribution in [0.4, 0.5) is 10.6 Å². The van der Waals surface area contributed by atoms with E-state index >= 15 is 0 Å². The number of oxazole rings is 1. The fraction of sp³-hybridized carbons (Fsp3) is 0.583. The molecule has 11 nitrogen and oxygen atoms in total. The summed E-state index contributed by atoms with van der Waals surface area (Å²) in [4.78, 5) is 44.4. The van der Waals surface area contributed by atoms with Crippen molar-refractivity contribution in [3.05, 3.63) is 54.0 Å². The number of pyridine rings is 2. The molecule has 4 aliphatic rings. The van der Waals surface area contributed by atoms with Crippen LogP contribution in [0.25, 0.3) is 11.3 Å². The molecule has 0 unspecified atom stereocenters. The number of carbonyl (C=O) groups excluding carboxylic acids is 2. The first-order valence-corrected chi connectivity index (χ1v) is 17.2. The average Bonchev–Trinajstić information content (AvgIpc) is 3.81. The molecule has 1 aliphatic heterocycles. The van der Waals surface area contributed by atoms with Gasteiger partial charge in [-0.3, -0.25) is 14.7 Å². The summed E-state index contributed by atoms with van der Waals surface area (Å²) in [7, 11) is 1.67. The van der Waals surface area contributed by atoms with Crippen LogP contribution >= 0.6 is 0 Å². The van der Waals surface area contributed by atoms with Crippen molar-refractivity contribution in [3.63, 3.8) is 0 Å². The van der Waals surface area contributed by atoms with Crippen LogP contribution in [0, 0.1) is 18.8 Å². The summed E-state index contributed by atoms with van der Waals surface area (Å²) in [6, 6.07) is 7.99. The number of nitrogens with zero attached hydrogens (tertiary/aromatic N) is 5. The van der Waals surface area contributed by atoms with Gasteiger partial charge in [-0.05, 0) is 101 Å². The Morgan fingerprint density at radius 2 is 1.72 bits per heavy atom. The lowest BCUT2D eigenvalue weighted by Gasteiger charge is -2.37. The minimum atomic E-state index is -0.461. The number of hydrogen-bond acceptors (Lipinski definition) is 9. The van der Waals surface area contributed by atoms with Crippen molar-refractivity contribution in [2.75, 3.05) is 31.6 Å². The summed E-state index contributed by atoms with van der Waals surface area (Å²) in [5.41, 5.74) is 3.68. The van der Waals surface area contributed by atoms with E-state index in [2.05, 4.69) is 6.07 Å². The third-order valence-corrected chi connectivity index (χ3v) is 10.4. The van der Waals surface area contributed by atoms with Crippen LogP contribution in [-0.2, 0) is 9.53 Å². The number of rotatable bonds is 9. The van der Waals surface area contributed by atoms with Crippen LogP contribution in [0.5, 0.6) is 5.75 Å². The van der Waals surface area contributed by atoms with E-state index in [-0.39, 0.29) is 24.0 Å². The van der Waals surface area contributed by atoms with Crippen LogP contribution in [-0.4, -0.2) is 75.9 Å². The smallest absolute Gasteiger partial charge is 0.410 e. The summed E-state index contributed by atoms with van der Waals surface area (Å²) in [5.74, 6) is 3.31. The summed E-state index contributed by atoms with van der Waals surface area (Å²) in [5, 5.41) is 9.52. The normalized spacial score (nSPS) is 24.8. The molecule has 0 radical (unpaired) electrons. The van der Waals surface area contributed by atoms with Crippen molar-refractivity contribution in [2.45, 2.75) is 95.2 Å². The van der Waals surface area contributed by atoms with E-state index in [4.69, 9.17) is 28.8 Å². The van der Waals surface area contributed by atoms with E-state index in [1.165, 1.54) is 4.90 Å². The van der Waals surface area contributed by atoms with Gasteiger partial charge in [0, 0.05) is 41.8 Å². The molecule has 0 spiro atoms. The SMILES string of the molecule is COc1ccc([C@H]2CC[C@H](CN(c3cc(-c4coc(C5CC5)n4)ccn3)C(=O)[C@H]3CC[C@H](OC(=O)N4CC(O)C4)CC3)CC2)nc1C. The maximum Gasteiger partial charge on any atom is 0.410 e. The van der Waals surface area contributed by atoms with Gasteiger partial charge < -0.3 is 23.9 Å². The number of anilines is 1. The lowest BCUT2D eigenvalue weighted by atomic mass is 9.79. The van der Waals surface area contributed by atoms with Gasteiger partial charge in [-0.1, -0.05) is 0 Å². The van der Waals surface area contributed by atoms with Gasteiger partial charge in [0.1, 0.15) is 29.6 Å². The molecule has 3 aliphatic carbocycles. The number of carbonyl (C=O) groups is 2. The highest BCUT2D eigenvalue weighted by molar-refractivity contribution is 5.94. The zero-order chi connectivity index (χ0) is 32.5. The van der Waals surface area contributed by atoms with Gasteiger partial charge in [0.25, 0.3) is 0 Å². The fourth-order valence-electron chi connectivity index (χ4n) is 7.34. The standard InChI is InChI=1S/C36H45N5O6/c1-22-32(45-2)14-13-30(38-22)24-5-3-23(4-6-24)18-41(33-17-27(15-16-37-33)31-21-46-34(39-31)25-7-8-25)35(43)26-9-11-29(12-10-26)47-36(44)40-19-28(42)20-40/h13-17,21,23-26,28-29,42H,3-12,18-20H2,1-2H3/t23-,24-,26-,29-. The van der Waals surface area contributed by atoms with Crippen molar-refractivity contribution in [3.8, 4) is 17.0 Å². The third-order valence-electron chi connectivity index (χ3n) is 10.4. The number of amides is 2. The van der Waals surface area contributed by atoms with E-state index in [0.717, 1.165) is 72.8 Å². The Hall–Kier alpha value is -3.99. The molecule has 0 atom stereocenters. The van der Waals surface area contributed by atoms with Crippen molar-refractivity contribution in [1.82, 2.24) is 19.9 Å². The molecule has 7 rings (SSSR count). The third kappa shape index (κ3) is 7.15. The quantitative estimate of drug-likeness (QED) is 0.298. The van der Waals surface area contributed by atoms with Gasteiger partial charge in [-0.2, -0.15) is 0 Å². The first kappa shape index (κ1) is 31.6. The zero-order valence-electron chi connectivity index (χ0n) is 27.3. The number of ether oxygens (including phenoxy) is 2. The number of aryl methyl sites for hydroxylation is 1. The Kier molecular flexibility index (Phi) is 9.16. The van der Waals surface area contributed by atoms with Gasteiger partial charge in [0.15, 0.2) is 5.89 Å². The molecule has 1 saturated heterocycles. The second-order valence-electron chi connectivity index (χ2n) is 13.9. The molecule has 3 saturated carbocycles. The summed E-state index contributed by atoms with van der Waals surface area (Å²) >= 11 is 0. The Balaban J connectivity index is 1.04. The number of aliphatic hydroxyl groups is 1. The second-order valence-corrected chi connectivity index (χ2v) is 13.9. The minimum Gasteiger partial charge on any atom is -0.495 e. The highest BCUT2D eigenvalue weighted by Gasteiger charge is 2.36. The Morgan fingerprint density at radius 1 is 0.979 bits per heavy atom. The molecule has 0 aromatic carbocycles. The van der Waals surface area contributed by atoms with Gasteiger partial charge >= 0.3 is 6.09 Å². The molecular weight excluding hydrogens is 598 g/mol. The number of β-amino-alcohol motifs (C(OH)–C–C–N with tert-alkyl or cyclic N) is 1. The highest BCUT2D eigenvalue weighted by Crippen LogP contribution is 2.41. The van der Waals surface area contributed by atoms with Gasteiger partial charge in [0.2, 0.25) is 5.91 Å². The molecule has 250 valence electrons. The fourth-order valence-corrected chi connectivity index (χ4v) is 7.34. The van der Waals surface area contributed by atoms with E-state index < -0.39 is 6.10 Å². The van der Waals surface area contributed by atoms with Crippen molar-refractivity contribution < 1.29 is 28.6 Å². The Bertz CT molecular complexity index is 1570. The zero-order valence-corrected chi connectivity index (χ0v) is 27.3. The maximum atomic E-state index is 14.3. The van der Waals surface area contributed by atoms with Crippen molar-refractivity contribution in [2.24, 2.45) is 11.8 Å². The topological polar surface area (TPSA) is 131 Å². The summed E-state index contributed by atoms with van der Waals surface area (Å²) < 4.78 is 16.9. The van der Waals surface area contributed by atoms with E-state index in [0.29, 0.717) is 68.9 Å². The Labute approximate surface area is 275 Å². The lowest BCUT2D eigenvalue weighted by molar-refractivity contribution is -0.124. The maximum absolute atomic E-state index is 14.3. The minimum absolute atomic E-state index is 0.0821. The first-order chi connectivity index (χ1) is 22.8. The highest BCUT2D eigenvalue weighted by atomic mass is 16.6. The lowest BCUT2D eigenvalue weighted by Crippen LogP contribution is -2.54. The summed E-state index contributed by atoms with van der Waals surface area (Å²) in [6.07, 6.45) is 11.3. The number of likely N-dealkylation sites (tertiary alicyclic amines) is 1. The van der Waals surface area contributed by atoms with E-state index in [1.807, 2.05) is 30.0 Å². The second kappa shape index (κ2) is 13.6. The predicted octanol–water partition coefficient (Wildman–Crippen LogP) is 6.00. The molecule has 3 aromatic rings. The molecule has 2 amide bonds. The number of aliphatic hydroxyl groups excluding tert-OH is 1. The largest absolute Gasteiger partial charge is 0.495 e. The number of hydrogen-bond donors (Lipinski definition) is 1. The van der Waals surface area contributed by atoms with Crippen molar-refractivity contribution in [1.29, 1.82) is 0 Å². The molecule has 1 N–H and O–H groups in total. The molecule has 0 bridgehead atoms. The van der Waals surface area contributed by atoms with Crippen LogP contribution in [0.2, 0.25) is 0 Å². The molecular formula is C36H45N5O6.